The van der Waals surface area contributed by atoms with Gasteiger partial charge in [-0.1, -0.05) is 51.6 Å². The van der Waals surface area contributed by atoms with E-state index in [0.29, 0.717) is 5.02 Å². The molecule has 0 amide bonds. The maximum Gasteiger partial charge on any atom is 0.144 e. The summed E-state index contributed by atoms with van der Waals surface area (Å²) in [6, 6.07) is 3.71. The van der Waals surface area contributed by atoms with Gasteiger partial charge in [0.15, 0.2) is 0 Å². The standard InChI is InChI=1S/C14H23ClN2/c1-4-5-6-9-14(2,3)11-17-13-12(15)8-7-10-16-13/h7-8,10H,4-6,9,11H2,1-3H3,(H,16,17). The van der Waals surface area contributed by atoms with Crippen LogP contribution in [0.5, 0.6) is 0 Å². The van der Waals surface area contributed by atoms with Crippen LogP contribution < -0.4 is 5.32 Å². The van der Waals surface area contributed by atoms with Crippen molar-refractivity contribution >= 4 is 17.4 Å². The first-order chi connectivity index (χ1) is 8.05. The molecule has 17 heavy (non-hydrogen) atoms. The SMILES string of the molecule is CCCCCC(C)(C)CNc1ncccc1Cl. The average Bonchev–Trinajstić information content (AvgIpc) is 2.28. The Bertz CT molecular complexity index is 337. The van der Waals surface area contributed by atoms with Crippen LogP contribution in [0.4, 0.5) is 5.82 Å². The van der Waals surface area contributed by atoms with E-state index in [4.69, 9.17) is 11.6 Å². The molecule has 0 atom stereocenters. The summed E-state index contributed by atoms with van der Waals surface area (Å²) in [5.41, 5.74) is 0.288. The van der Waals surface area contributed by atoms with Crippen LogP contribution in [0.2, 0.25) is 5.02 Å². The molecule has 3 heteroatoms. The van der Waals surface area contributed by atoms with Crippen LogP contribution in [0, 0.1) is 5.41 Å². The number of aromatic nitrogens is 1. The second-order valence-corrected chi connectivity index (χ2v) is 5.72. The zero-order chi connectivity index (χ0) is 12.7. The first-order valence-corrected chi connectivity index (χ1v) is 6.77. The summed E-state index contributed by atoms with van der Waals surface area (Å²) in [5.74, 6) is 0.790. The molecule has 0 saturated carbocycles. The van der Waals surface area contributed by atoms with E-state index >= 15 is 0 Å². The van der Waals surface area contributed by atoms with E-state index in [1.165, 1.54) is 25.7 Å². The molecule has 1 rings (SSSR count). The van der Waals surface area contributed by atoms with Gasteiger partial charge in [0.05, 0.1) is 5.02 Å². The number of rotatable bonds is 7. The molecular formula is C14H23ClN2. The highest BCUT2D eigenvalue weighted by Gasteiger charge is 2.17. The molecule has 0 bridgehead atoms. The van der Waals surface area contributed by atoms with Crippen LogP contribution in [0.3, 0.4) is 0 Å². The maximum absolute atomic E-state index is 6.05. The minimum atomic E-state index is 0.288. The van der Waals surface area contributed by atoms with Crippen molar-refractivity contribution in [1.29, 1.82) is 0 Å². The fourth-order valence-corrected chi connectivity index (χ4v) is 1.97. The second kappa shape index (κ2) is 6.85. The molecule has 0 aliphatic rings. The summed E-state index contributed by atoms with van der Waals surface area (Å²) in [6.45, 7) is 7.71. The van der Waals surface area contributed by atoms with Gasteiger partial charge >= 0.3 is 0 Å². The molecular weight excluding hydrogens is 232 g/mol. The van der Waals surface area contributed by atoms with E-state index < -0.39 is 0 Å². The maximum atomic E-state index is 6.05. The van der Waals surface area contributed by atoms with E-state index in [2.05, 4.69) is 31.1 Å². The van der Waals surface area contributed by atoms with E-state index in [1.807, 2.05) is 12.1 Å². The van der Waals surface area contributed by atoms with E-state index in [-0.39, 0.29) is 5.41 Å². The predicted octanol–water partition coefficient (Wildman–Crippen LogP) is 4.75. The van der Waals surface area contributed by atoms with Crippen molar-refractivity contribution in [2.45, 2.75) is 46.5 Å². The molecule has 0 spiro atoms. The molecule has 1 aromatic rings. The van der Waals surface area contributed by atoms with Crippen molar-refractivity contribution in [3.05, 3.63) is 23.4 Å². The molecule has 0 unspecified atom stereocenters. The summed E-state index contributed by atoms with van der Waals surface area (Å²) in [5, 5.41) is 4.03. The molecule has 1 heterocycles. The Hall–Kier alpha value is -0.760. The molecule has 1 N–H and O–H groups in total. The quantitative estimate of drug-likeness (QED) is 0.710. The fourth-order valence-electron chi connectivity index (χ4n) is 1.78. The molecule has 0 saturated heterocycles. The number of pyridine rings is 1. The van der Waals surface area contributed by atoms with Crippen molar-refractivity contribution in [1.82, 2.24) is 4.98 Å². The Morgan fingerprint density at radius 2 is 2.12 bits per heavy atom. The van der Waals surface area contributed by atoms with Crippen LogP contribution in [-0.2, 0) is 0 Å². The highest BCUT2D eigenvalue weighted by molar-refractivity contribution is 6.32. The van der Waals surface area contributed by atoms with E-state index in [1.54, 1.807) is 6.20 Å². The molecule has 2 nitrogen and oxygen atoms in total. The third kappa shape index (κ3) is 5.40. The molecule has 96 valence electrons. The Morgan fingerprint density at radius 1 is 1.35 bits per heavy atom. The van der Waals surface area contributed by atoms with Crippen molar-refractivity contribution in [2.75, 3.05) is 11.9 Å². The smallest absolute Gasteiger partial charge is 0.144 e. The zero-order valence-corrected chi connectivity index (χ0v) is 11.8. The lowest BCUT2D eigenvalue weighted by atomic mass is 9.87. The third-order valence-electron chi connectivity index (χ3n) is 2.95. The van der Waals surface area contributed by atoms with Gasteiger partial charge in [-0.3, -0.25) is 0 Å². The van der Waals surface area contributed by atoms with Gasteiger partial charge in [0.2, 0.25) is 0 Å². The third-order valence-corrected chi connectivity index (χ3v) is 3.25. The number of hydrogen-bond acceptors (Lipinski definition) is 2. The Labute approximate surface area is 110 Å². The lowest BCUT2D eigenvalue weighted by Crippen LogP contribution is -2.23. The first-order valence-electron chi connectivity index (χ1n) is 6.39. The lowest BCUT2D eigenvalue weighted by Gasteiger charge is -2.25. The van der Waals surface area contributed by atoms with Gasteiger partial charge in [-0.25, -0.2) is 4.98 Å². The van der Waals surface area contributed by atoms with Crippen LogP contribution >= 0.6 is 11.6 Å². The highest BCUT2D eigenvalue weighted by atomic mass is 35.5. The molecule has 0 radical (unpaired) electrons. The Balaban J connectivity index is 2.41. The molecule has 1 aromatic heterocycles. The van der Waals surface area contributed by atoms with Gasteiger partial charge in [0.25, 0.3) is 0 Å². The van der Waals surface area contributed by atoms with E-state index in [9.17, 15) is 0 Å². The summed E-state index contributed by atoms with van der Waals surface area (Å²) in [6.07, 6.45) is 6.88. The minimum absolute atomic E-state index is 0.288. The van der Waals surface area contributed by atoms with Gasteiger partial charge in [-0.15, -0.1) is 0 Å². The van der Waals surface area contributed by atoms with Crippen LogP contribution in [0.25, 0.3) is 0 Å². The molecule has 0 fully saturated rings. The van der Waals surface area contributed by atoms with Gasteiger partial charge in [-0.2, -0.15) is 0 Å². The minimum Gasteiger partial charge on any atom is -0.368 e. The highest BCUT2D eigenvalue weighted by Crippen LogP contribution is 2.25. The fraction of sp³-hybridized carbons (Fsp3) is 0.643. The Kier molecular flexibility index (Phi) is 5.76. The monoisotopic (exact) mass is 254 g/mol. The summed E-state index contributed by atoms with van der Waals surface area (Å²) < 4.78 is 0. The average molecular weight is 255 g/mol. The van der Waals surface area contributed by atoms with Gasteiger partial charge in [0, 0.05) is 12.7 Å². The second-order valence-electron chi connectivity index (χ2n) is 5.31. The number of unbranched alkanes of at least 4 members (excludes halogenated alkanes) is 2. The normalized spacial score (nSPS) is 11.5. The predicted molar refractivity (Wildman–Crippen MR) is 75.7 cm³/mol. The number of hydrogen-bond donors (Lipinski definition) is 1. The van der Waals surface area contributed by atoms with Crippen LogP contribution in [0.1, 0.15) is 46.5 Å². The summed E-state index contributed by atoms with van der Waals surface area (Å²) in [7, 11) is 0. The van der Waals surface area contributed by atoms with Gasteiger partial charge < -0.3 is 5.32 Å². The molecule has 0 aromatic carbocycles. The zero-order valence-electron chi connectivity index (χ0n) is 11.1. The number of anilines is 1. The number of nitrogens with one attached hydrogen (secondary N) is 1. The van der Waals surface area contributed by atoms with Crippen LogP contribution in [-0.4, -0.2) is 11.5 Å². The van der Waals surface area contributed by atoms with E-state index in [0.717, 1.165) is 12.4 Å². The van der Waals surface area contributed by atoms with Crippen molar-refractivity contribution in [3.8, 4) is 0 Å². The lowest BCUT2D eigenvalue weighted by molar-refractivity contribution is 0.342. The largest absolute Gasteiger partial charge is 0.368 e. The summed E-state index contributed by atoms with van der Waals surface area (Å²) in [4.78, 5) is 4.23. The number of halogens is 1. The van der Waals surface area contributed by atoms with Crippen LogP contribution in [0.15, 0.2) is 18.3 Å². The number of nitrogens with zero attached hydrogens (tertiary/aromatic N) is 1. The van der Waals surface area contributed by atoms with Crippen molar-refractivity contribution in [3.63, 3.8) is 0 Å². The topological polar surface area (TPSA) is 24.9 Å². The van der Waals surface area contributed by atoms with Gasteiger partial charge in [-0.05, 0) is 24.0 Å². The molecule has 0 aliphatic heterocycles. The van der Waals surface area contributed by atoms with Crippen molar-refractivity contribution in [2.24, 2.45) is 5.41 Å². The van der Waals surface area contributed by atoms with Crippen molar-refractivity contribution < 1.29 is 0 Å². The summed E-state index contributed by atoms with van der Waals surface area (Å²) >= 11 is 6.05. The Morgan fingerprint density at radius 3 is 2.76 bits per heavy atom. The first kappa shape index (κ1) is 14.3. The molecule has 0 aliphatic carbocycles. The van der Waals surface area contributed by atoms with Gasteiger partial charge in [0.1, 0.15) is 5.82 Å².